The first kappa shape index (κ1) is 23.9. The number of pyridine rings is 1. The van der Waals surface area contributed by atoms with E-state index in [2.05, 4.69) is 9.84 Å². The maximum Gasteiger partial charge on any atom is 0.387 e. The molecule has 1 fully saturated rings. The number of hydrogen-bond acceptors (Lipinski definition) is 5. The molecule has 2 aromatic heterocycles. The van der Waals surface area contributed by atoms with E-state index in [-0.39, 0.29) is 35.4 Å². The Morgan fingerprint density at radius 3 is 2.50 bits per heavy atom. The van der Waals surface area contributed by atoms with Gasteiger partial charge in [0.2, 0.25) is 0 Å². The van der Waals surface area contributed by atoms with Crippen LogP contribution < -0.4 is 9.47 Å². The number of hydrogen-bond donors (Lipinski definition) is 0. The Morgan fingerprint density at radius 1 is 1.18 bits per heavy atom. The number of carbonyl (C=O) groups excluding carboxylic acids is 1. The highest BCUT2D eigenvalue weighted by Gasteiger charge is 2.34. The molecule has 0 spiro atoms. The lowest BCUT2D eigenvalue weighted by atomic mass is 10.0. The molecule has 1 amide bonds. The number of benzene rings is 1. The summed E-state index contributed by atoms with van der Waals surface area (Å²) in [6, 6.07) is 6.87. The number of carbonyl (C=O) groups is 1. The molecule has 0 aliphatic heterocycles. The minimum atomic E-state index is -2.94. The van der Waals surface area contributed by atoms with Crippen molar-refractivity contribution in [3.8, 4) is 11.5 Å². The average Bonchev–Trinajstić information content (AvgIpc) is 3.54. The summed E-state index contributed by atoms with van der Waals surface area (Å²) < 4.78 is 37.0. The molecule has 0 unspecified atom stereocenters. The quantitative estimate of drug-likeness (QED) is 0.408. The number of ether oxygens (including phenoxy) is 2. The van der Waals surface area contributed by atoms with E-state index < -0.39 is 6.61 Å². The van der Waals surface area contributed by atoms with Crippen molar-refractivity contribution >= 4 is 16.9 Å². The monoisotopic (exact) mass is 472 g/mol. The molecule has 34 heavy (non-hydrogen) atoms. The van der Waals surface area contributed by atoms with Crippen molar-refractivity contribution in [3.05, 3.63) is 47.3 Å². The van der Waals surface area contributed by atoms with Crippen molar-refractivity contribution < 1.29 is 23.0 Å². The highest BCUT2D eigenvalue weighted by atomic mass is 19.3. The number of methoxy groups -OCH3 is 1. The van der Waals surface area contributed by atoms with Crippen LogP contribution in [0.15, 0.2) is 30.5 Å². The summed E-state index contributed by atoms with van der Waals surface area (Å²) in [6.45, 7) is 5.54. The molecule has 0 saturated heterocycles. The van der Waals surface area contributed by atoms with Gasteiger partial charge in [0.15, 0.2) is 17.1 Å². The summed E-state index contributed by atoms with van der Waals surface area (Å²) in [6.07, 6.45) is 3.56. The highest BCUT2D eigenvalue weighted by molar-refractivity contribution is 6.05. The fourth-order valence-corrected chi connectivity index (χ4v) is 4.00. The van der Waals surface area contributed by atoms with Gasteiger partial charge in [-0.05, 0) is 56.4 Å². The van der Waals surface area contributed by atoms with Gasteiger partial charge < -0.3 is 14.4 Å². The van der Waals surface area contributed by atoms with Crippen LogP contribution >= 0.6 is 0 Å². The number of nitrogens with zero attached hydrogens (tertiary/aromatic N) is 4. The minimum Gasteiger partial charge on any atom is -0.493 e. The van der Waals surface area contributed by atoms with Gasteiger partial charge in [-0.3, -0.25) is 4.79 Å². The van der Waals surface area contributed by atoms with Crippen molar-refractivity contribution in [1.82, 2.24) is 19.7 Å². The van der Waals surface area contributed by atoms with Gasteiger partial charge in [-0.1, -0.05) is 19.9 Å². The van der Waals surface area contributed by atoms with E-state index in [1.807, 2.05) is 43.3 Å². The van der Waals surface area contributed by atoms with E-state index in [0.29, 0.717) is 17.8 Å². The predicted molar refractivity (Wildman–Crippen MR) is 125 cm³/mol. The average molecular weight is 473 g/mol. The molecule has 1 aliphatic carbocycles. The molecule has 9 heteroatoms. The normalized spacial score (nSPS) is 13.8. The Balaban J connectivity index is 1.71. The van der Waals surface area contributed by atoms with Gasteiger partial charge in [-0.25, -0.2) is 9.67 Å². The van der Waals surface area contributed by atoms with Crippen LogP contribution in [0, 0.1) is 0 Å². The summed E-state index contributed by atoms with van der Waals surface area (Å²) in [5.41, 5.74) is 2.89. The van der Waals surface area contributed by atoms with Gasteiger partial charge in [0.05, 0.1) is 24.3 Å². The molecule has 0 bridgehead atoms. The Hall–Kier alpha value is -3.23. The number of halogens is 2. The zero-order chi connectivity index (χ0) is 24.6. The van der Waals surface area contributed by atoms with E-state index in [9.17, 15) is 13.6 Å². The number of aromatic nitrogens is 3. The third kappa shape index (κ3) is 4.83. The Bertz CT molecular complexity index is 1190. The van der Waals surface area contributed by atoms with Crippen LogP contribution in [0.3, 0.4) is 0 Å². The summed E-state index contributed by atoms with van der Waals surface area (Å²) in [4.78, 5) is 20.5. The first-order chi connectivity index (χ1) is 16.2. The molecule has 0 atom stereocenters. The Kier molecular flexibility index (Phi) is 6.72. The molecule has 1 aliphatic rings. The number of amides is 1. The molecule has 182 valence electrons. The Labute approximate surface area is 197 Å². The fourth-order valence-electron chi connectivity index (χ4n) is 4.00. The molecule has 1 saturated carbocycles. The smallest absolute Gasteiger partial charge is 0.387 e. The van der Waals surface area contributed by atoms with Gasteiger partial charge in [0, 0.05) is 24.3 Å². The SMILES string of the molecule is COc1cc(CN(C(=O)c2cc(C(C)C)nc3c2cnn3C(C)C)C2CC2)ccc1OC(F)F. The lowest BCUT2D eigenvalue weighted by Gasteiger charge is -2.24. The molecule has 0 radical (unpaired) electrons. The van der Waals surface area contributed by atoms with Crippen LogP contribution in [-0.4, -0.2) is 45.3 Å². The Morgan fingerprint density at radius 2 is 1.91 bits per heavy atom. The summed E-state index contributed by atoms with van der Waals surface area (Å²) >= 11 is 0. The van der Waals surface area contributed by atoms with Gasteiger partial charge >= 0.3 is 6.61 Å². The lowest BCUT2D eigenvalue weighted by Crippen LogP contribution is -2.33. The van der Waals surface area contributed by atoms with Crippen LogP contribution in [0.4, 0.5) is 8.78 Å². The van der Waals surface area contributed by atoms with E-state index in [1.54, 1.807) is 18.3 Å². The van der Waals surface area contributed by atoms with Gasteiger partial charge in [0.25, 0.3) is 5.91 Å². The fraction of sp³-hybridized carbons (Fsp3) is 0.480. The molecular weight excluding hydrogens is 442 g/mol. The zero-order valence-electron chi connectivity index (χ0n) is 20.1. The van der Waals surface area contributed by atoms with Gasteiger partial charge in [-0.2, -0.15) is 13.9 Å². The lowest BCUT2D eigenvalue weighted by molar-refractivity contribution is -0.0512. The van der Waals surface area contributed by atoms with Crippen molar-refractivity contribution in [2.75, 3.05) is 7.11 Å². The largest absolute Gasteiger partial charge is 0.493 e. The zero-order valence-corrected chi connectivity index (χ0v) is 20.1. The maximum absolute atomic E-state index is 13.9. The summed E-state index contributed by atoms with van der Waals surface area (Å²) in [5, 5.41) is 5.22. The minimum absolute atomic E-state index is 0.0379. The van der Waals surface area contributed by atoms with Gasteiger partial charge in [0.1, 0.15) is 0 Å². The van der Waals surface area contributed by atoms with Crippen molar-refractivity contribution in [2.24, 2.45) is 0 Å². The van der Waals surface area contributed by atoms with E-state index in [0.717, 1.165) is 29.5 Å². The molecule has 0 N–H and O–H groups in total. The summed E-state index contributed by atoms with van der Waals surface area (Å²) in [7, 11) is 1.40. The van der Waals surface area contributed by atoms with Crippen LogP contribution in [-0.2, 0) is 6.54 Å². The van der Waals surface area contributed by atoms with Crippen LogP contribution in [0.25, 0.3) is 11.0 Å². The van der Waals surface area contributed by atoms with Crippen LogP contribution in [0.5, 0.6) is 11.5 Å². The van der Waals surface area contributed by atoms with Crippen LogP contribution in [0.1, 0.15) is 74.1 Å². The third-order valence-corrected chi connectivity index (χ3v) is 5.94. The van der Waals surface area contributed by atoms with Crippen LogP contribution in [0.2, 0.25) is 0 Å². The highest BCUT2D eigenvalue weighted by Crippen LogP contribution is 2.35. The molecule has 7 nitrogen and oxygen atoms in total. The molecule has 3 aromatic rings. The second-order valence-electron chi connectivity index (χ2n) is 9.20. The van der Waals surface area contributed by atoms with Crippen molar-refractivity contribution in [2.45, 2.75) is 71.7 Å². The second-order valence-corrected chi connectivity index (χ2v) is 9.20. The van der Waals surface area contributed by atoms with E-state index >= 15 is 0 Å². The van der Waals surface area contributed by atoms with Crippen molar-refractivity contribution in [3.63, 3.8) is 0 Å². The predicted octanol–water partition coefficient (Wildman–Crippen LogP) is 5.55. The topological polar surface area (TPSA) is 69.5 Å². The first-order valence-corrected chi connectivity index (χ1v) is 11.5. The molecular formula is C25H30F2N4O3. The number of alkyl halides is 2. The van der Waals surface area contributed by atoms with Crippen molar-refractivity contribution in [1.29, 1.82) is 0 Å². The molecule has 2 heterocycles. The van der Waals surface area contributed by atoms with E-state index in [4.69, 9.17) is 9.72 Å². The van der Waals surface area contributed by atoms with Gasteiger partial charge in [-0.15, -0.1) is 0 Å². The second kappa shape index (κ2) is 9.56. The molecule has 1 aromatic carbocycles. The summed E-state index contributed by atoms with van der Waals surface area (Å²) in [5.74, 6) is 0.219. The molecule has 4 rings (SSSR count). The number of rotatable bonds is 9. The number of fused-ring (bicyclic) bond motifs is 1. The third-order valence-electron chi connectivity index (χ3n) is 5.94. The maximum atomic E-state index is 13.9. The standard InChI is InChI=1S/C25H30F2N4O3/c1-14(2)20-11-18(19-12-28-31(15(3)4)23(19)29-20)24(32)30(17-7-8-17)13-16-6-9-21(34-25(26)27)22(10-16)33-5/h6,9-12,14-15,17,25H,7-8,13H2,1-5H3. The van der Waals surface area contributed by atoms with E-state index in [1.165, 1.54) is 13.2 Å². The first-order valence-electron chi connectivity index (χ1n) is 11.5.